The topological polar surface area (TPSA) is 119 Å². The van der Waals surface area contributed by atoms with Crippen LogP contribution >= 0.6 is 0 Å². The number of nitrogens with one attached hydrogen (secondary N) is 1. The predicted molar refractivity (Wildman–Crippen MR) is 63.8 cm³/mol. The lowest BCUT2D eigenvalue weighted by Gasteiger charge is -2.06. The first-order chi connectivity index (χ1) is 9.82. The number of nitrogens with zero attached hydrogens (tertiary/aromatic N) is 1. The van der Waals surface area contributed by atoms with Crippen molar-refractivity contribution in [2.24, 2.45) is 0 Å². The fraction of sp³-hybridized carbons (Fsp3) is 0.273. The number of halogens is 2. The van der Waals surface area contributed by atoms with Gasteiger partial charge in [-0.05, 0) is 6.07 Å². The molecule has 0 atom stereocenters. The van der Waals surface area contributed by atoms with Gasteiger partial charge in [0.15, 0.2) is 11.6 Å². The van der Waals surface area contributed by atoms with E-state index in [4.69, 9.17) is 5.11 Å². The summed E-state index contributed by atoms with van der Waals surface area (Å²) in [5, 5.41) is 21.1. The van der Waals surface area contributed by atoms with Crippen molar-refractivity contribution >= 4 is 17.6 Å². The maximum atomic E-state index is 13.0. The highest BCUT2D eigenvalue weighted by atomic mass is 19.2. The summed E-state index contributed by atoms with van der Waals surface area (Å²) in [7, 11) is 0. The lowest BCUT2D eigenvalue weighted by atomic mass is 10.1. The minimum atomic E-state index is -1.44. The van der Waals surface area contributed by atoms with Crippen LogP contribution in [0.1, 0.15) is 10.4 Å². The van der Waals surface area contributed by atoms with Crippen LogP contribution in [0.5, 0.6) is 0 Å². The van der Waals surface area contributed by atoms with E-state index in [1.165, 1.54) is 0 Å². The number of carboxylic acid groups (broad SMARTS) is 1. The van der Waals surface area contributed by atoms with Crippen molar-refractivity contribution in [1.29, 1.82) is 0 Å². The summed E-state index contributed by atoms with van der Waals surface area (Å²) < 4.78 is 30.6. The number of amides is 1. The van der Waals surface area contributed by atoms with E-state index in [1.807, 2.05) is 0 Å². The van der Waals surface area contributed by atoms with Crippen molar-refractivity contribution < 1.29 is 33.1 Å². The average Bonchev–Trinajstić information content (AvgIpc) is 2.40. The minimum absolute atomic E-state index is 0.151. The Morgan fingerprint density at radius 3 is 2.52 bits per heavy atom. The molecule has 1 aromatic carbocycles. The van der Waals surface area contributed by atoms with Gasteiger partial charge in [-0.2, -0.15) is 0 Å². The molecule has 0 fully saturated rings. The molecule has 0 spiro atoms. The molecular weight excluding hydrogens is 294 g/mol. The monoisotopic (exact) mass is 304 g/mol. The summed E-state index contributed by atoms with van der Waals surface area (Å²) in [6.45, 7) is -0.876. The van der Waals surface area contributed by atoms with Crippen LogP contribution in [0.25, 0.3) is 0 Å². The van der Waals surface area contributed by atoms with Crippen molar-refractivity contribution in [3.05, 3.63) is 39.4 Å². The van der Waals surface area contributed by atoms with Crippen LogP contribution in [0, 0.1) is 21.7 Å². The van der Waals surface area contributed by atoms with E-state index in [-0.39, 0.29) is 13.2 Å². The number of nitro groups is 1. The molecular formula is C11H10F2N2O6. The highest BCUT2D eigenvalue weighted by Gasteiger charge is 2.23. The Labute approximate surface area is 116 Å². The summed E-state index contributed by atoms with van der Waals surface area (Å²) in [5.41, 5.74) is -1.52. The van der Waals surface area contributed by atoms with Gasteiger partial charge in [-0.3, -0.25) is 14.9 Å². The van der Waals surface area contributed by atoms with Gasteiger partial charge in [0, 0.05) is 6.54 Å². The van der Waals surface area contributed by atoms with Gasteiger partial charge in [0.05, 0.1) is 17.6 Å². The highest BCUT2D eigenvalue weighted by Crippen LogP contribution is 2.22. The van der Waals surface area contributed by atoms with Crippen LogP contribution in [-0.2, 0) is 9.53 Å². The molecule has 114 valence electrons. The van der Waals surface area contributed by atoms with Crippen molar-refractivity contribution in [1.82, 2.24) is 5.32 Å². The SMILES string of the molecule is O=C(O)COCCNC(=O)c1cc(F)c(F)cc1[N+](=O)[O-]. The van der Waals surface area contributed by atoms with E-state index in [9.17, 15) is 28.5 Å². The molecule has 0 unspecified atom stereocenters. The molecule has 1 amide bonds. The third kappa shape index (κ3) is 4.76. The molecule has 0 bridgehead atoms. The van der Waals surface area contributed by atoms with Gasteiger partial charge < -0.3 is 15.2 Å². The van der Waals surface area contributed by atoms with Crippen molar-refractivity contribution in [3.63, 3.8) is 0 Å². The second kappa shape index (κ2) is 7.24. The second-order valence-electron chi connectivity index (χ2n) is 3.74. The smallest absolute Gasteiger partial charge is 0.329 e. The van der Waals surface area contributed by atoms with Gasteiger partial charge in [0.1, 0.15) is 12.2 Å². The maximum absolute atomic E-state index is 13.0. The summed E-state index contributed by atoms with van der Waals surface area (Å²) in [5.74, 6) is -5.03. The van der Waals surface area contributed by atoms with Crippen molar-refractivity contribution in [3.8, 4) is 0 Å². The number of hydrogen-bond acceptors (Lipinski definition) is 5. The molecule has 0 heterocycles. The number of ether oxygens (including phenoxy) is 1. The molecule has 0 aliphatic rings. The average molecular weight is 304 g/mol. The number of carboxylic acids is 1. The molecule has 2 N–H and O–H groups in total. The lowest BCUT2D eigenvalue weighted by Crippen LogP contribution is -2.28. The quantitative estimate of drug-likeness (QED) is 0.435. The minimum Gasteiger partial charge on any atom is -0.480 e. The van der Waals surface area contributed by atoms with Crippen LogP contribution in [0.15, 0.2) is 12.1 Å². The van der Waals surface area contributed by atoms with E-state index in [2.05, 4.69) is 10.1 Å². The van der Waals surface area contributed by atoms with Gasteiger partial charge in [-0.25, -0.2) is 13.6 Å². The number of hydrogen-bond donors (Lipinski definition) is 2. The normalized spacial score (nSPS) is 10.2. The van der Waals surface area contributed by atoms with Crippen LogP contribution in [-0.4, -0.2) is 41.7 Å². The number of rotatable bonds is 7. The van der Waals surface area contributed by atoms with E-state index in [0.29, 0.717) is 12.1 Å². The fourth-order valence-corrected chi connectivity index (χ4v) is 1.36. The summed E-state index contributed by atoms with van der Waals surface area (Å²) in [4.78, 5) is 31.5. The zero-order valence-electron chi connectivity index (χ0n) is 10.5. The Bertz CT molecular complexity index is 578. The highest BCUT2D eigenvalue weighted by molar-refractivity contribution is 5.98. The van der Waals surface area contributed by atoms with Gasteiger partial charge in [0.25, 0.3) is 11.6 Å². The maximum Gasteiger partial charge on any atom is 0.329 e. The molecule has 8 nitrogen and oxygen atoms in total. The predicted octanol–water partition coefficient (Wildman–Crippen LogP) is 0.704. The third-order valence-corrected chi connectivity index (χ3v) is 2.24. The molecule has 0 radical (unpaired) electrons. The number of nitro benzene ring substituents is 1. The van der Waals surface area contributed by atoms with Gasteiger partial charge >= 0.3 is 5.97 Å². The Morgan fingerprint density at radius 1 is 1.33 bits per heavy atom. The van der Waals surface area contributed by atoms with Gasteiger partial charge in [-0.15, -0.1) is 0 Å². The fourth-order valence-electron chi connectivity index (χ4n) is 1.36. The molecule has 1 aromatic rings. The van der Waals surface area contributed by atoms with E-state index in [0.717, 1.165) is 0 Å². The molecule has 0 aliphatic heterocycles. The molecule has 0 aliphatic carbocycles. The van der Waals surface area contributed by atoms with Crippen LogP contribution in [0.4, 0.5) is 14.5 Å². The van der Waals surface area contributed by atoms with Gasteiger partial charge in [0.2, 0.25) is 0 Å². The van der Waals surface area contributed by atoms with Crippen molar-refractivity contribution in [2.45, 2.75) is 0 Å². The standard InChI is InChI=1S/C11H10F2N2O6/c12-7-3-6(9(15(19)20)4-8(7)13)11(18)14-1-2-21-5-10(16)17/h3-4H,1-2,5H2,(H,14,18)(H,16,17). The zero-order valence-corrected chi connectivity index (χ0v) is 10.5. The van der Waals surface area contributed by atoms with Crippen LogP contribution in [0.3, 0.4) is 0 Å². The Morgan fingerprint density at radius 2 is 1.95 bits per heavy atom. The number of benzene rings is 1. The van der Waals surface area contributed by atoms with E-state index >= 15 is 0 Å². The summed E-state index contributed by atoms with van der Waals surface area (Å²) in [6, 6.07) is 0.728. The summed E-state index contributed by atoms with van der Waals surface area (Å²) >= 11 is 0. The zero-order chi connectivity index (χ0) is 16.0. The molecule has 21 heavy (non-hydrogen) atoms. The third-order valence-electron chi connectivity index (χ3n) is 2.24. The number of carbonyl (C=O) groups excluding carboxylic acids is 1. The largest absolute Gasteiger partial charge is 0.480 e. The van der Waals surface area contributed by atoms with Gasteiger partial charge in [-0.1, -0.05) is 0 Å². The Hall–Kier alpha value is -2.62. The second-order valence-corrected chi connectivity index (χ2v) is 3.74. The first-order valence-electron chi connectivity index (χ1n) is 5.54. The Kier molecular flexibility index (Phi) is 5.67. The molecule has 10 heteroatoms. The molecule has 0 saturated carbocycles. The van der Waals surface area contributed by atoms with Crippen LogP contribution < -0.4 is 5.32 Å². The van der Waals surface area contributed by atoms with E-state index < -0.39 is 46.3 Å². The lowest BCUT2D eigenvalue weighted by molar-refractivity contribution is -0.385. The molecule has 0 saturated heterocycles. The summed E-state index contributed by atoms with van der Waals surface area (Å²) in [6.07, 6.45) is 0. The molecule has 1 rings (SSSR count). The number of carbonyl (C=O) groups is 2. The molecule has 0 aromatic heterocycles. The van der Waals surface area contributed by atoms with E-state index in [1.54, 1.807) is 0 Å². The van der Waals surface area contributed by atoms with Crippen LogP contribution in [0.2, 0.25) is 0 Å². The number of aliphatic carboxylic acids is 1. The van der Waals surface area contributed by atoms with Crippen molar-refractivity contribution in [2.75, 3.05) is 19.8 Å². The first-order valence-corrected chi connectivity index (χ1v) is 5.54. The Balaban J connectivity index is 2.71. The first kappa shape index (κ1) is 16.4.